The molecule has 0 aliphatic carbocycles. The number of likely N-dealkylation sites (N-methyl/N-ethyl adjacent to an activating group) is 2. The second-order valence-corrected chi connectivity index (χ2v) is 4.94. The van der Waals surface area contributed by atoms with Crippen LogP contribution in [0.5, 0.6) is 0 Å². The van der Waals surface area contributed by atoms with Gasteiger partial charge in [-0.15, -0.1) is 0 Å². The lowest BCUT2D eigenvalue weighted by Crippen LogP contribution is -2.41. The summed E-state index contributed by atoms with van der Waals surface area (Å²) in [6, 6.07) is 5.02. The number of anilines is 1. The number of nitrogens with one attached hydrogen (secondary N) is 1. The van der Waals surface area contributed by atoms with Gasteiger partial charge in [-0.2, -0.15) is 0 Å². The molecular formula is C14H23FN4. The van der Waals surface area contributed by atoms with Crippen molar-refractivity contribution in [1.29, 1.82) is 5.41 Å². The minimum atomic E-state index is -0.444. The summed E-state index contributed by atoms with van der Waals surface area (Å²) in [6.07, 6.45) is 0. The smallest absolute Gasteiger partial charge is 0.136 e. The molecule has 1 rings (SSSR count). The van der Waals surface area contributed by atoms with E-state index in [0.29, 0.717) is 5.69 Å². The van der Waals surface area contributed by atoms with Crippen LogP contribution in [0.4, 0.5) is 10.1 Å². The number of hydrogen-bond donors (Lipinski definition) is 2. The van der Waals surface area contributed by atoms with Crippen LogP contribution in [0.25, 0.3) is 0 Å². The van der Waals surface area contributed by atoms with Crippen molar-refractivity contribution in [2.75, 3.05) is 32.1 Å². The molecular weight excluding hydrogens is 243 g/mol. The Morgan fingerprint density at radius 3 is 2.53 bits per heavy atom. The van der Waals surface area contributed by atoms with Gasteiger partial charge in [-0.3, -0.25) is 5.41 Å². The first-order valence-corrected chi connectivity index (χ1v) is 6.42. The lowest BCUT2D eigenvalue weighted by atomic mass is 10.1. The molecule has 19 heavy (non-hydrogen) atoms. The number of rotatable bonds is 6. The van der Waals surface area contributed by atoms with Crippen LogP contribution >= 0.6 is 0 Å². The van der Waals surface area contributed by atoms with Crippen molar-refractivity contribution in [3.63, 3.8) is 0 Å². The average Bonchev–Trinajstić information content (AvgIpc) is 2.28. The van der Waals surface area contributed by atoms with Crippen molar-refractivity contribution in [3.8, 4) is 0 Å². The van der Waals surface area contributed by atoms with Gasteiger partial charge in [-0.1, -0.05) is 6.07 Å². The summed E-state index contributed by atoms with van der Waals surface area (Å²) in [6.45, 7) is 5.68. The van der Waals surface area contributed by atoms with Gasteiger partial charge in [0.05, 0.1) is 11.3 Å². The molecule has 0 heterocycles. The number of halogens is 1. The minimum Gasteiger partial charge on any atom is -0.384 e. The maximum Gasteiger partial charge on any atom is 0.136 e. The Kier molecular flexibility index (Phi) is 5.30. The van der Waals surface area contributed by atoms with Crippen molar-refractivity contribution in [3.05, 3.63) is 29.6 Å². The fourth-order valence-corrected chi connectivity index (χ4v) is 2.37. The molecule has 1 aromatic rings. The predicted molar refractivity (Wildman–Crippen MR) is 78.5 cm³/mol. The number of nitrogens with two attached hydrogens (primary N) is 1. The molecule has 0 aromatic heterocycles. The number of amidine groups is 1. The molecule has 1 aromatic carbocycles. The van der Waals surface area contributed by atoms with Gasteiger partial charge in [-0.05, 0) is 40.1 Å². The molecule has 5 heteroatoms. The molecule has 1 atom stereocenters. The summed E-state index contributed by atoms with van der Waals surface area (Å²) < 4.78 is 13.9. The fraction of sp³-hybridized carbons (Fsp3) is 0.500. The third-order valence-electron chi connectivity index (χ3n) is 3.07. The van der Waals surface area contributed by atoms with E-state index in [-0.39, 0.29) is 17.4 Å². The maximum atomic E-state index is 13.9. The minimum absolute atomic E-state index is 0.190. The quantitative estimate of drug-likeness (QED) is 0.610. The van der Waals surface area contributed by atoms with E-state index in [1.54, 1.807) is 6.07 Å². The van der Waals surface area contributed by atoms with Gasteiger partial charge >= 0.3 is 0 Å². The lowest BCUT2D eigenvalue weighted by molar-refractivity contribution is 0.373. The van der Waals surface area contributed by atoms with Crippen molar-refractivity contribution < 1.29 is 4.39 Å². The monoisotopic (exact) mass is 266 g/mol. The van der Waals surface area contributed by atoms with Crippen LogP contribution in [-0.2, 0) is 0 Å². The van der Waals surface area contributed by atoms with Crippen molar-refractivity contribution in [2.45, 2.75) is 19.9 Å². The summed E-state index contributed by atoms with van der Waals surface area (Å²) in [5.41, 5.74) is 6.39. The van der Waals surface area contributed by atoms with Crippen LogP contribution < -0.4 is 10.6 Å². The van der Waals surface area contributed by atoms with Gasteiger partial charge in [0.15, 0.2) is 0 Å². The Labute approximate surface area is 114 Å². The number of hydrogen-bond acceptors (Lipinski definition) is 3. The summed E-state index contributed by atoms with van der Waals surface area (Å²) in [5.74, 6) is -0.677. The second kappa shape index (κ2) is 6.52. The summed E-state index contributed by atoms with van der Waals surface area (Å²) in [4.78, 5) is 4.15. The molecule has 0 fully saturated rings. The zero-order valence-corrected chi connectivity index (χ0v) is 12.1. The van der Waals surface area contributed by atoms with Crippen LogP contribution in [0.2, 0.25) is 0 Å². The fourth-order valence-electron chi connectivity index (χ4n) is 2.37. The van der Waals surface area contributed by atoms with Gasteiger partial charge in [0.2, 0.25) is 0 Å². The first-order valence-electron chi connectivity index (χ1n) is 6.42. The Morgan fingerprint density at radius 2 is 2.05 bits per heavy atom. The van der Waals surface area contributed by atoms with Crippen LogP contribution in [0.3, 0.4) is 0 Å². The Morgan fingerprint density at radius 1 is 1.42 bits per heavy atom. The molecule has 0 bridgehead atoms. The standard InChI is InChI=1S/C14H23FN4/c1-5-19(10(2)9-18(3)4)12-8-6-7-11(15)13(12)14(16)17/h6-8,10H,5,9H2,1-4H3,(H3,16,17). The molecule has 0 spiro atoms. The van der Waals surface area contributed by atoms with Gasteiger partial charge < -0.3 is 15.5 Å². The largest absolute Gasteiger partial charge is 0.384 e. The number of benzene rings is 1. The predicted octanol–water partition coefficient (Wildman–Crippen LogP) is 1.89. The van der Waals surface area contributed by atoms with Crippen LogP contribution in [-0.4, -0.2) is 44.0 Å². The molecule has 1 unspecified atom stereocenters. The van der Waals surface area contributed by atoms with Crippen molar-refractivity contribution in [1.82, 2.24) is 4.90 Å². The highest BCUT2D eigenvalue weighted by Gasteiger charge is 2.20. The van der Waals surface area contributed by atoms with E-state index in [1.807, 2.05) is 27.1 Å². The van der Waals surface area contributed by atoms with Gasteiger partial charge in [0.25, 0.3) is 0 Å². The van der Waals surface area contributed by atoms with Crippen molar-refractivity contribution in [2.24, 2.45) is 5.73 Å². The number of nitrogens with zero attached hydrogens (tertiary/aromatic N) is 2. The second-order valence-electron chi connectivity index (χ2n) is 4.94. The molecule has 106 valence electrons. The highest BCUT2D eigenvalue weighted by molar-refractivity contribution is 6.00. The molecule has 4 nitrogen and oxygen atoms in total. The molecule has 0 radical (unpaired) electrons. The summed E-state index contributed by atoms with van der Waals surface area (Å²) in [7, 11) is 4.00. The van der Waals surface area contributed by atoms with Crippen molar-refractivity contribution >= 4 is 11.5 Å². The lowest BCUT2D eigenvalue weighted by Gasteiger charge is -2.33. The summed E-state index contributed by atoms with van der Waals surface area (Å²) in [5, 5.41) is 7.57. The van der Waals surface area contributed by atoms with E-state index in [4.69, 9.17) is 11.1 Å². The zero-order chi connectivity index (χ0) is 14.6. The van der Waals surface area contributed by atoms with Crippen LogP contribution in [0, 0.1) is 11.2 Å². The van der Waals surface area contributed by atoms with Gasteiger partial charge in [-0.25, -0.2) is 4.39 Å². The SMILES string of the molecule is CCN(c1cccc(F)c1C(=N)N)C(C)CN(C)C. The molecule has 0 saturated heterocycles. The number of nitrogen functional groups attached to an aromatic ring is 1. The van der Waals surface area contributed by atoms with E-state index in [0.717, 1.165) is 13.1 Å². The Bertz CT molecular complexity index is 445. The normalized spacial score (nSPS) is 12.5. The first-order chi connectivity index (χ1) is 8.88. The van der Waals surface area contributed by atoms with E-state index in [9.17, 15) is 4.39 Å². The van der Waals surface area contributed by atoms with E-state index < -0.39 is 5.82 Å². The van der Waals surface area contributed by atoms with E-state index >= 15 is 0 Å². The van der Waals surface area contributed by atoms with Crippen LogP contribution in [0.15, 0.2) is 18.2 Å². The molecule has 0 saturated carbocycles. The molecule has 0 aliphatic heterocycles. The Hall–Kier alpha value is -1.62. The van der Waals surface area contributed by atoms with Crippen LogP contribution in [0.1, 0.15) is 19.4 Å². The summed E-state index contributed by atoms with van der Waals surface area (Å²) >= 11 is 0. The molecule has 0 aliphatic rings. The Balaban J connectivity index is 3.18. The first kappa shape index (κ1) is 15.4. The highest BCUT2D eigenvalue weighted by atomic mass is 19.1. The maximum absolute atomic E-state index is 13.9. The third-order valence-corrected chi connectivity index (χ3v) is 3.07. The molecule has 0 amide bonds. The topological polar surface area (TPSA) is 56.4 Å². The van der Waals surface area contributed by atoms with E-state index in [2.05, 4.69) is 16.7 Å². The van der Waals surface area contributed by atoms with Gasteiger partial charge in [0.1, 0.15) is 11.7 Å². The van der Waals surface area contributed by atoms with Gasteiger partial charge in [0, 0.05) is 19.1 Å². The zero-order valence-electron chi connectivity index (χ0n) is 12.1. The van der Waals surface area contributed by atoms with E-state index in [1.165, 1.54) is 6.07 Å². The third kappa shape index (κ3) is 3.67. The highest BCUT2D eigenvalue weighted by Crippen LogP contribution is 2.24. The average molecular weight is 266 g/mol. The molecule has 3 N–H and O–H groups in total.